The van der Waals surface area contributed by atoms with Crippen molar-refractivity contribution in [3.8, 4) is 5.75 Å². The number of hydrogen-bond donors (Lipinski definition) is 2. The minimum atomic E-state index is -2.89. The molecule has 1 rings (SSSR count). The molecule has 0 aromatic heterocycles. The zero-order valence-corrected chi connectivity index (χ0v) is 14.2. The van der Waals surface area contributed by atoms with Gasteiger partial charge in [0.1, 0.15) is 5.75 Å². The van der Waals surface area contributed by atoms with Crippen molar-refractivity contribution in [2.24, 2.45) is 4.99 Å². The second kappa shape index (κ2) is 10.4. The van der Waals surface area contributed by atoms with E-state index in [0.29, 0.717) is 18.1 Å². The highest BCUT2D eigenvalue weighted by atomic mass is 19.3. The summed E-state index contributed by atoms with van der Waals surface area (Å²) in [5.74, 6) is 0.441. The summed E-state index contributed by atoms with van der Waals surface area (Å²) in [5, 5.41) is 6.00. The zero-order valence-electron chi connectivity index (χ0n) is 14.2. The summed E-state index contributed by atoms with van der Waals surface area (Å²) in [7, 11) is 3.33. The SMILES string of the molecule is CCCNC(=NCc1ccccc1OC(F)F)NCC(=O)N(C)C. The van der Waals surface area contributed by atoms with E-state index in [1.807, 2.05) is 6.92 Å². The Bertz CT molecular complexity index is 551. The number of carbonyl (C=O) groups excluding carboxylic acids is 1. The van der Waals surface area contributed by atoms with E-state index in [4.69, 9.17) is 0 Å². The quantitative estimate of drug-likeness (QED) is 0.559. The van der Waals surface area contributed by atoms with E-state index in [1.165, 1.54) is 11.0 Å². The van der Waals surface area contributed by atoms with Gasteiger partial charge in [0, 0.05) is 26.2 Å². The lowest BCUT2D eigenvalue weighted by atomic mass is 10.2. The molecule has 0 aliphatic carbocycles. The fourth-order valence-electron chi connectivity index (χ4n) is 1.74. The third-order valence-corrected chi connectivity index (χ3v) is 3.04. The first-order valence-electron chi connectivity index (χ1n) is 7.69. The van der Waals surface area contributed by atoms with Crippen LogP contribution in [0.5, 0.6) is 5.75 Å². The number of aliphatic imine (C=N–C) groups is 1. The molecule has 1 aromatic rings. The third kappa shape index (κ3) is 7.26. The second-order valence-electron chi connectivity index (χ2n) is 5.22. The highest BCUT2D eigenvalue weighted by Gasteiger charge is 2.10. The fourth-order valence-corrected chi connectivity index (χ4v) is 1.74. The van der Waals surface area contributed by atoms with Crippen molar-refractivity contribution in [2.45, 2.75) is 26.5 Å². The summed E-state index contributed by atoms with van der Waals surface area (Å²) < 4.78 is 29.3. The van der Waals surface area contributed by atoms with E-state index in [1.54, 1.807) is 32.3 Å². The van der Waals surface area contributed by atoms with Gasteiger partial charge < -0.3 is 20.3 Å². The minimum absolute atomic E-state index is 0.0930. The number of halogens is 2. The molecule has 1 amide bonds. The standard InChI is InChI=1S/C16H24F2N4O2/c1-4-9-19-16(21-11-14(23)22(2)3)20-10-12-7-5-6-8-13(12)24-15(17)18/h5-8,15H,4,9-11H2,1-3H3,(H2,19,20,21). The van der Waals surface area contributed by atoms with Gasteiger partial charge in [-0.1, -0.05) is 25.1 Å². The Balaban J connectivity index is 2.77. The zero-order chi connectivity index (χ0) is 17.9. The van der Waals surface area contributed by atoms with Crippen LogP contribution in [0.1, 0.15) is 18.9 Å². The third-order valence-electron chi connectivity index (χ3n) is 3.04. The van der Waals surface area contributed by atoms with Crippen LogP contribution in [-0.2, 0) is 11.3 Å². The number of amides is 1. The summed E-state index contributed by atoms with van der Waals surface area (Å²) in [6.45, 7) is 0.0395. The molecule has 2 N–H and O–H groups in total. The fraction of sp³-hybridized carbons (Fsp3) is 0.500. The molecule has 0 spiro atoms. The van der Waals surface area contributed by atoms with E-state index in [2.05, 4.69) is 20.4 Å². The van der Waals surface area contributed by atoms with E-state index in [0.717, 1.165) is 6.42 Å². The van der Waals surface area contributed by atoms with Gasteiger partial charge in [0.25, 0.3) is 0 Å². The van der Waals surface area contributed by atoms with Crippen molar-refractivity contribution in [2.75, 3.05) is 27.2 Å². The maximum absolute atomic E-state index is 12.4. The average Bonchev–Trinajstić information content (AvgIpc) is 2.54. The van der Waals surface area contributed by atoms with Gasteiger partial charge in [0.05, 0.1) is 13.1 Å². The highest BCUT2D eigenvalue weighted by molar-refractivity contribution is 5.86. The van der Waals surface area contributed by atoms with Crippen LogP contribution in [0.15, 0.2) is 29.3 Å². The van der Waals surface area contributed by atoms with Crippen molar-refractivity contribution < 1.29 is 18.3 Å². The number of likely N-dealkylation sites (N-methyl/N-ethyl adjacent to an activating group) is 1. The number of rotatable bonds is 8. The van der Waals surface area contributed by atoms with Crippen LogP contribution in [0, 0.1) is 0 Å². The number of nitrogens with zero attached hydrogens (tertiary/aromatic N) is 2. The molecule has 134 valence electrons. The van der Waals surface area contributed by atoms with Crippen LogP contribution in [0.4, 0.5) is 8.78 Å². The Morgan fingerprint density at radius 1 is 1.29 bits per heavy atom. The van der Waals surface area contributed by atoms with Gasteiger partial charge in [0.2, 0.25) is 5.91 Å². The number of guanidine groups is 1. The summed E-state index contributed by atoms with van der Waals surface area (Å²) in [5.41, 5.74) is 0.536. The molecule has 0 saturated carbocycles. The minimum Gasteiger partial charge on any atom is -0.434 e. The molecular weight excluding hydrogens is 318 g/mol. The number of hydrogen-bond acceptors (Lipinski definition) is 3. The second-order valence-corrected chi connectivity index (χ2v) is 5.22. The van der Waals surface area contributed by atoms with Gasteiger partial charge in [-0.15, -0.1) is 0 Å². The molecule has 0 unspecified atom stereocenters. The normalized spacial score (nSPS) is 11.3. The summed E-state index contributed by atoms with van der Waals surface area (Å²) in [4.78, 5) is 17.4. The Morgan fingerprint density at radius 3 is 2.62 bits per heavy atom. The molecule has 0 bridgehead atoms. The molecule has 0 aliphatic rings. The predicted octanol–water partition coefficient (Wildman–Crippen LogP) is 1.82. The van der Waals surface area contributed by atoms with Crippen LogP contribution >= 0.6 is 0 Å². The van der Waals surface area contributed by atoms with E-state index in [-0.39, 0.29) is 24.7 Å². The first kappa shape index (κ1) is 19.7. The highest BCUT2D eigenvalue weighted by Crippen LogP contribution is 2.20. The summed E-state index contributed by atoms with van der Waals surface area (Å²) in [6, 6.07) is 6.49. The number of para-hydroxylation sites is 1. The molecule has 0 atom stereocenters. The van der Waals surface area contributed by atoms with E-state index >= 15 is 0 Å². The van der Waals surface area contributed by atoms with E-state index < -0.39 is 6.61 Å². The molecular formula is C16H24F2N4O2. The Morgan fingerprint density at radius 2 is 2.00 bits per heavy atom. The first-order chi connectivity index (χ1) is 11.4. The molecule has 0 aliphatic heterocycles. The molecule has 0 heterocycles. The number of carbonyl (C=O) groups is 1. The van der Waals surface area contributed by atoms with Gasteiger partial charge in [-0.05, 0) is 12.5 Å². The summed E-state index contributed by atoms with van der Waals surface area (Å²) >= 11 is 0. The van der Waals surface area contributed by atoms with Crippen LogP contribution in [0.25, 0.3) is 0 Å². The Hall–Kier alpha value is -2.38. The largest absolute Gasteiger partial charge is 0.434 e. The Kier molecular flexibility index (Phi) is 8.53. The van der Waals surface area contributed by atoms with Gasteiger partial charge in [-0.3, -0.25) is 4.79 Å². The Labute approximate surface area is 140 Å². The molecule has 24 heavy (non-hydrogen) atoms. The molecule has 0 saturated heterocycles. The van der Waals surface area contributed by atoms with Gasteiger partial charge in [-0.2, -0.15) is 8.78 Å². The molecule has 6 nitrogen and oxygen atoms in total. The lowest BCUT2D eigenvalue weighted by molar-refractivity contribution is -0.127. The number of alkyl halides is 2. The number of benzene rings is 1. The molecule has 0 radical (unpaired) electrons. The van der Waals surface area contributed by atoms with Crippen LogP contribution in [-0.4, -0.2) is 50.6 Å². The van der Waals surface area contributed by atoms with Gasteiger partial charge >= 0.3 is 6.61 Å². The van der Waals surface area contributed by atoms with Crippen molar-refractivity contribution in [3.05, 3.63) is 29.8 Å². The lowest BCUT2D eigenvalue weighted by Crippen LogP contribution is -2.43. The number of nitrogens with one attached hydrogen (secondary N) is 2. The maximum Gasteiger partial charge on any atom is 0.387 e. The van der Waals surface area contributed by atoms with Crippen LogP contribution < -0.4 is 15.4 Å². The van der Waals surface area contributed by atoms with Gasteiger partial charge in [-0.25, -0.2) is 4.99 Å². The van der Waals surface area contributed by atoms with Crippen LogP contribution in [0.2, 0.25) is 0 Å². The van der Waals surface area contributed by atoms with Crippen molar-refractivity contribution in [1.29, 1.82) is 0 Å². The monoisotopic (exact) mass is 342 g/mol. The first-order valence-corrected chi connectivity index (χ1v) is 7.69. The predicted molar refractivity (Wildman–Crippen MR) is 89.2 cm³/mol. The maximum atomic E-state index is 12.4. The summed E-state index contributed by atoms with van der Waals surface area (Å²) in [6.07, 6.45) is 0.882. The van der Waals surface area contributed by atoms with Gasteiger partial charge in [0.15, 0.2) is 5.96 Å². The van der Waals surface area contributed by atoms with E-state index in [9.17, 15) is 13.6 Å². The smallest absolute Gasteiger partial charge is 0.387 e. The van der Waals surface area contributed by atoms with Crippen molar-refractivity contribution in [3.63, 3.8) is 0 Å². The topological polar surface area (TPSA) is 66.0 Å². The molecule has 8 heteroatoms. The molecule has 1 aromatic carbocycles. The number of ether oxygens (including phenoxy) is 1. The van der Waals surface area contributed by atoms with Crippen molar-refractivity contribution in [1.82, 2.24) is 15.5 Å². The molecule has 0 fully saturated rings. The van der Waals surface area contributed by atoms with Crippen molar-refractivity contribution >= 4 is 11.9 Å². The average molecular weight is 342 g/mol. The lowest BCUT2D eigenvalue weighted by Gasteiger charge is -2.15. The van der Waals surface area contributed by atoms with Crippen LogP contribution in [0.3, 0.4) is 0 Å².